The van der Waals surface area contributed by atoms with Crippen LogP contribution in [0.25, 0.3) is 0 Å². The van der Waals surface area contributed by atoms with Crippen LogP contribution in [0.1, 0.15) is 102 Å². The molecule has 1 aromatic heterocycles. The van der Waals surface area contributed by atoms with Gasteiger partial charge in [0.2, 0.25) is 0 Å². The predicted octanol–water partition coefficient (Wildman–Crippen LogP) is 8.07. The van der Waals surface area contributed by atoms with Crippen LogP contribution in [0.3, 0.4) is 0 Å². The van der Waals surface area contributed by atoms with Crippen molar-refractivity contribution in [1.82, 2.24) is 0 Å². The smallest absolute Gasteiger partial charge is 0.00935 e. The van der Waals surface area contributed by atoms with Crippen LogP contribution in [0.4, 0.5) is 0 Å². The van der Waals surface area contributed by atoms with Gasteiger partial charge in [-0.3, -0.25) is 0 Å². The second-order valence-electron chi connectivity index (χ2n) is 10.2. The second kappa shape index (κ2) is 8.21. The molecule has 142 valence electrons. The molecule has 25 heavy (non-hydrogen) atoms. The van der Waals surface area contributed by atoms with Gasteiger partial charge < -0.3 is 0 Å². The third-order valence-corrected chi connectivity index (χ3v) is 9.23. The van der Waals surface area contributed by atoms with Gasteiger partial charge in [0.25, 0.3) is 0 Å². The van der Waals surface area contributed by atoms with E-state index in [1.54, 1.807) is 0 Å². The normalized spacial score (nSPS) is 37.0. The van der Waals surface area contributed by atoms with Gasteiger partial charge >= 0.3 is 0 Å². The van der Waals surface area contributed by atoms with Crippen LogP contribution in [0.5, 0.6) is 0 Å². The molecule has 0 saturated heterocycles. The van der Waals surface area contributed by atoms with Crippen LogP contribution in [0.15, 0.2) is 12.1 Å². The Morgan fingerprint density at radius 1 is 0.720 bits per heavy atom. The summed E-state index contributed by atoms with van der Waals surface area (Å²) in [5.41, 5.74) is 0. The fraction of sp³-hybridized carbons (Fsp3) is 0.833. The molecule has 0 spiro atoms. The molecule has 0 bridgehead atoms. The molecule has 0 nitrogen and oxygen atoms in total. The van der Waals surface area contributed by atoms with Crippen molar-refractivity contribution in [2.45, 2.75) is 91.9 Å². The van der Waals surface area contributed by atoms with E-state index in [-0.39, 0.29) is 0 Å². The molecule has 0 aliphatic heterocycles. The largest absolute Gasteiger partial charge is 0.133 e. The lowest BCUT2D eigenvalue weighted by atomic mass is 9.69. The number of hydrogen-bond donors (Lipinski definition) is 0. The van der Waals surface area contributed by atoms with Crippen LogP contribution < -0.4 is 0 Å². The summed E-state index contributed by atoms with van der Waals surface area (Å²) < 4.78 is 0. The zero-order valence-electron chi connectivity index (χ0n) is 17.5. The van der Waals surface area contributed by atoms with Gasteiger partial charge in [0.05, 0.1) is 0 Å². The van der Waals surface area contributed by atoms with Crippen molar-refractivity contribution >= 4 is 8.19 Å². The molecule has 0 amide bonds. The minimum Gasteiger partial charge on any atom is -0.133 e. The predicted molar refractivity (Wildman–Crippen MR) is 114 cm³/mol. The highest BCUT2D eigenvalue weighted by molar-refractivity contribution is 7.32. The lowest BCUT2D eigenvalue weighted by Crippen LogP contribution is -2.25. The number of hydrogen-bond acceptors (Lipinski definition) is 0. The minimum absolute atomic E-state index is 0.838. The zero-order valence-corrected chi connectivity index (χ0v) is 18.5. The lowest BCUT2D eigenvalue weighted by Gasteiger charge is -2.38. The number of rotatable bonds is 4. The molecule has 2 fully saturated rings. The van der Waals surface area contributed by atoms with Crippen molar-refractivity contribution in [3.05, 3.63) is 22.7 Å². The van der Waals surface area contributed by atoms with Gasteiger partial charge in [-0.15, -0.1) is 8.19 Å². The maximum atomic E-state index is 2.57. The average molecular weight is 361 g/mol. The molecule has 1 heterocycles. The summed E-state index contributed by atoms with van der Waals surface area (Å²) in [6.45, 7) is 14.8. The van der Waals surface area contributed by atoms with E-state index >= 15 is 0 Å². The van der Waals surface area contributed by atoms with Crippen LogP contribution in [-0.2, 0) is 0 Å². The maximum absolute atomic E-state index is 2.57. The summed E-state index contributed by atoms with van der Waals surface area (Å²) in [6, 6.07) is 5.14. The standard InChI is InChI=1S/C24H41P/c1-15(2)19-9-7-17(5)13-21(19)23-11-12-24(25-23)22-14-18(6)8-10-20(22)16(3)4/h11-12,15-22,25H,7-10,13-14H2,1-6H3/t17-,18-,19+,20+,21-,22-/m1/s1. The molecule has 3 rings (SSSR count). The zero-order chi connectivity index (χ0) is 18.1. The Balaban J connectivity index is 1.82. The van der Waals surface area contributed by atoms with E-state index in [2.05, 4.69) is 53.7 Å². The van der Waals surface area contributed by atoms with Crippen molar-refractivity contribution < 1.29 is 0 Å². The molecule has 0 unspecified atom stereocenters. The summed E-state index contributed by atoms with van der Waals surface area (Å²) >= 11 is 0. The molecule has 0 aromatic carbocycles. The van der Waals surface area contributed by atoms with E-state index in [1.165, 1.54) is 38.5 Å². The molecule has 1 heteroatoms. The van der Waals surface area contributed by atoms with Crippen molar-refractivity contribution in [3.63, 3.8) is 0 Å². The van der Waals surface area contributed by atoms with Gasteiger partial charge in [-0.25, -0.2) is 0 Å². The first-order valence-corrected chi connectivity index (χ1v) is 12.1. The van der Waals surface area contributed by atoms with E-state index in [1.807, 2.05) is 10.6 Å². The highest BCUT2D eigenvalue weighted by Gasteiger charge is 2.35. The quantitative estimate of drug-likeness (QED) is 0.509. The fourth-order valence-electron chi connectivity index (χ4n) is 5.98. The van der Waals surface area contributed by atoms with Gasteiger partial charge in [-0.05, 0) is 83.6 Å². The highest BCUT2D eigenvalue weighted by atomic mass is 31.0. The topological polar surface area (TPSA) is 0 Å². The van der Waals surface area contributed by atoms with Gasteiger partial charge in [0.15, 0.2) is 0 Å². The molecule has 2 aliphatic rings. The van der Waals surface area contributed by atoms with Crippen molar-refractivity contribution in [1.29, 1.82) is 0 Å². The summed E-state index contributed by atoms with van der Waals surface area (Å²) in [7, 11) is 1.01. The first kappa shape index (κ1) is 19.5. The Morgan fingerprint density at radius 2 is 1.12 bits per heavy atom. The Morgan fingerprint density at radius 3 is 1.48 bits per heavy atom. The molecule has 1 aromatic rings. The third-order valence-electron chi connectivity index (χ3n) is 7.57. The highest BCUT2D eigenvalue weighted by Crippen LogP contribution is 2.51. The Labute approximate surface area is 158 Å². The summed E-state index contributed by atoms with van der Waals surface area (Å²) in [4.78, 5) is 0. The Kier molecular flexibility index (Phi) is 6.41. The van der Waals surface area contributed by atoms with E-state index in [0.29, 0.717) is 0 Å². The van der Waals surface area contributed by atoms with Crippen LogP contribution in [0.2, 0.25) is 0 Å². The third kappa shape index (κ3) is 4.37. The first-order valence-electron chi connectivity index (χ1n) is 11.1. The molecule has 2 saturated carbocycles. The van der Waals surface area contributed by atoms with Gasteiger partial charge in [0, 0.05) is 0 Å². The summed E-state index contributed by atoms with van der Waals surface area (Å²) in [5.74, 6) is 7.11. The van der Waals surface area contributed by atoms with Gasteiger partial charge in [-0.1, -0.05) is 66.5 Å². The van der Waals surface area contributed by atoms with Crippen molar-refractivity contribution in [2.24, 2.45) is 35.5 Å². The molecule has 0 radical (unpaired) electrons. The average Bonchev–Trinajstić information content (AvgIpc) is 3.03. The summed E-state index contributed by atoms with van der Waals surface area (Å²) in [6.07, 6.45) is 8.69. The lowest BCUT2D eigenvalue weighted by molar-refractivity contribution is 0.199. The molecule has 2 aliphatic carbocycles. The molecular weight excluding hydrogens is 319 g/mol. The fourth-order valence-corrected chi connectivity index (χ4v) is 7.68. The van der Waals surface area contributed by atoms with E-state index in [4.69, 9.17) is 0 Å². The van der Waals surface area contributed by atoms with Crippen LogP contribution >= 0.6 is 8.19 Å². The molecule has 0 N–H and O–H groups in total. The maximum Gasteiger partial charge on any atom is -0.00935 e. The van der Waals surface area contributed by atoms with Gasteiger partial charge in [0.1, 0.15) is 0 Å². The monoisotopic (exact) mass is 360 g/mol. The van der Waals surface area contributed by atoms with Crippen molar-refractivity contribution in [3.8, 4) is 0 Å². The van der Waals surface area contributed by atoms with E-state index in [9.17, 15) is 0 Å². The van der Waals surface area contributed by atoms with E-state index < -0.39 is 0 Å². The Hall–Kier alpha value is -0.220. The van der Waals surface area contributed by atoms with E-state index in [0.717, 1.165) is 55.5 Å². The molecular formula is C24H41P. The minimum atomic E-state index is 0.838. The van der Waals surface area contributed by atoms with Crippen LogP contribution in [-0.4, -0.2) is 0 Å². The second-order valence-corrected chi connectivity index (χ2v) is 11.6. The van der Waals surface area contributed by atoms with Gasteiger partial charge in [-0.2, -0.15) is 0 Å². The SMILES string of the molecule is CC(C)[C@@H]1CC[C@@H](C)C[C@H]1c1ccc([C@@H]2C[C@H](C)CC[C@H]2C(C)C)[pH]1. The Bertz CT molecular complexity index is 494. The summed E-state index contributed by atoms with van der Waals surface area (Å²) in [5, 5.41) is 3.64. The van der Waals surface area contributed by atoms with Crippen LogP contribution in [0, 0.1) is 35.5 Å². The molecule has 6 atom stereocenters. The first-order chi connectivity index (χ1) is 11.9. The van der Waals surface area contributed by atoms with Crippen molar-refractivity contribution in [2.75, 3.05) is 0 Å².